The molecule has 40 heavy (non-hydrogen) atoms. The minimum atomic E-state index is -0.942. The third-order valence-corrected chi connectivity index (χ3v) is 10.4. The van der Waals surface area contributed by atoms with Gasteiger partial charge in [0.25, 0.3) is 0 Å². The lowest BCUT2D eigenvalue weighted by Gasteiger charge is -2.42. The molecule has 2 aromatic carbocycles. The predicted octanol–water partition coefficient (Wildman–Crippen LogP) is 10.6. The van der Waals surface area contributed by atoms with Crippen molar-refractivity contribution in [3.8, 4) is 11.5 Å². The minimum absolute atomic E-state index is 0.00336. The molecular weight excluding hydrogens is 502 g/mol. The standard InChI is InChI=1S/C36H50F2O2/c1-3-5-21-39-33-19-20-34(36(38)35(33)37)40-24-26-9-12-32-23-31(18-17-30(32)22-26)29-15-13-28(14-16-29)27-10-7-25(6-4-2)8-11-27/h13-16,19-20,25-27,30-32H,3-12,17-18,21-24H2,1-2H3. The number of rotatable bonds is 11. The molecule has 0 aliphatic heterocycles. The van der Waals surface area contributed by atoms with Gasteiger partial charge >= 0.3 is 0 Å². The Morgan fingerprint density at radius 3 is 1.88 bits per heavy atom. The van der Waals surface area contributed by atoms with E-state index in [0.717, 1.165) is 49.4 Å². The van der Waals surface area contributed by atoms with E-state index in [1.54, 1.807) is 5.56 Å². The zero-order valence-corrected chi connectivity index (χ0v) is 24.8. The van der Waals surface area contributed by atoms with Crippen LogP contribution in [0.5, 0.6) is 11.5 Å². The van der Waals surface area contributed by atoms with Crippen molar-refractivity contribution < 1.29 is 18.3 Å². The van der Waals surface area contributed by atoms with Crippen molar-refractivity contribution in [2.24, 2.45) is 23.7 Å². The SMILES string of the molecule is CCCCOc1ccc(OCC2CCC3CC(c4ccc(C5CCC(CCC)CC5)cc4)CCC3C2)c(F)c1F. The Hall–Kier alpha value is -2.10. The van der Waals surface area contributed by atoms with Gasteiger partial charge in [0.05, 0.1) is 13.2 Å². The van der Waals surface area contributed by atoms with Crippen molar-refractivity contribution in [1.29, 1.82) is 0 Å². The van der Waals surface area contributed by atoms with Crippen LogP contribution in [0.1, 0.15) is 127 Å². The predicted molar refractivity (Wildman–Crippen MR) is 159 cm³/mol. The van der Waals surface area contributed by atoms with Gasteiger partial charge in [0.15, 0.2) is 11.5 Å². The fourth-order valence-corrected chi connectivity index (χ4v) is 7.94. The van der Waals surface area contributed by atoms with Gasteiger partial charge in [-0.2, -0.15) is 8.78 Å². The maximum absolute atomic E-state index is 14.6. The molecule has 220 valence electrons. The highest BCUT2D eigenvalue weighted by Gasteiger charge is 2.36. The summed E-state index contributed by atoms with van der Waals surface area (Å²) in [6.07, 6.45) is 17.3. The van der Waals surface area contributed by atoms with Crippen LogP contribution in [0.2, 0.25) is 0 Å². The van der Waals surface area contributed by atoms with Crippen LogP contribution in [0.4, 0.5) is 8.78 Å². The van der Waals surface area contributed by atoms with Gasteiger partial charge < -0.3 is 9.47 Å². The summed E-state index contributed by atoms with van der Waals surface area (Å²) < 4.78 is 40.2. The number of unbranched alkanes of at least 4 members (excludes halogenated alkanes) is 1. The summed E-state index contributed by atoms with van der Waals surface area (Å²) >= 11 is 0. The molecular formula is C36H50F2O2. The Morgan fingerprint density at radius 1 is 0.625 bits per heavy atom. The molecule has 3 fully saturated rings. The van der Waals surface area contributed by atoms with E-state index < -0.39 is 11.6 Å². The number of ether oxygens (including phenoxy) is 2. The van der Waals surface area contributed by atoms with Crippen LogP contribution in [0.3, 0.4) is 0 Å². The van der Waals surface area contributed by atoms with E-state index in [4.69, 9.17) is 9.47 Å². The van der Waals surface area contributed by atoms with Gasteiger partial charge in [-0.05, 0) is 129 Å². The van der Waals surface area contributed by atoms with Crippen LogP contribution in [-0.2, 0) is 0 Å². The highest BCUT2D eigenvalue weighted by molar-refractivity contribution is 5.35. The second kappa shape index (κ2) is 14.2. The van der Waals surface area contributed by atoms with Gasteiger partial charge in [0.2, 0.25) is 11.6 Å². The minimum Gasteiger partial charge on any atom is -0.490 e. The van der Waals surface area contributed by atoms with Crippen LogP contribution in [-0.4, -0.2) is 13.2 Å². The number of hydrogen-bond acceptors (Lipinski definition) is 2. The number of fused-ring (bicyclic) bond motifs is 1. The molecule has 0 heterocycles. The van der Waals surface area contributed by atoms with E-state index in [1.807, 2.05) is 6.92 Å². The van der Waals surface area contributed by atoms with Crippen molar-refractivity contribution in [2.45, 2.75) is 116 Å². The van der Waals surface area contributed by atoms with Crippen LogP contribution in [0.25, 0.3) is 0 Å². The molecule has 2 aromatic rings. The molecule has 4 unspecified atom stereocenters. The van der Waals surface area contributed by atoms with Crippen molar-refractivity contribution in [3.05, 3.63) is 59.2 Å². The monoisotopic (exact) mass is 552 g/mol. The van der Waals surface area contributed by atoms with E-state index in [9.17, 15) is 8.78 Å². The van der Waals surface area contributed by atoms with Crippen molar-refractivity contribution >= 4 is 0 Å². The van der Waals surface area contributed by atoms with Crippen LogP contribution < -0.4 is 9.47 Å². The largest absolute Gasteiger partial charge is 0.490 e. The first-order valence-corrected chi connectivity index (χ1v) is 16.4. The molecule has 0 N–H and O–H groups in total. The van der Waals surface area contributed by atoms with Gasteiger partial charge in [-0.3, -0.25) is 0 Å². The molecule has 3 aliphatic rings. The van der Waals surface area contributed by atoms with Gasteiger partial charge in [-0.25, -0.2) is 0 Å². The molecule has 3 saturated carbocycles. The first-order valence-electron chi connectivity index (χ1n) is 16.4. The van der Waals surface area contributed by atoms with E-state index in [-0.39, 0.29) is 11.5 Å². The normalized spacial score (nSPS) is 28.6. The zero-order valence-electron chi connectivity index (χ0n) is 24.8. The fraction of sp³-hybridized carbons (Fsp3) is 0.667. The Labute approximate surface area is 241 Å². The van der Waals surface area contributed by atoms with Crippen LogP contribution in [0, 0.1) is 35.3 Å². The molecule has 4 heteroatoms. The Balaban J connectivity index is 1.08. The highest BCUT2D eigenvalue weighted by Crippen LogP contribution is 2.48. The van der Waals surface area contributed by atoms with Gasteiger partial charge in [0.1, 0.15) is 0 Å². The summed E-state index contributed by atoms with van der Waals surface area (Å²) in [5, 5.41) is 0. The molecule has 0 saturated heterocycles. The molecule has 3 aliphatic carbocycles. The maximum Gasteiger partial charge on any atom is 0.204 e. The molecule has 4 atom stereocenters. The number of benzene rings is 2. The number of hydrogen-bond donors (Lipinski definition) is 0. The smallest absolute Gasteiger partial charge is 0.204 e. The van der Waals surface area contributed by atoms with Crippen LogP contribution >= 0.6 is 0 Å². The van der Waals surface area contributed by atoms with Gasteiger partial charge in [0, 0.05) is 0 Å². The van der Waals surface area contributed by atoms with Crippen LogP contribution in [0.15, 0.2) is 36.4 Å². The van der Waals surface area contributed by atoms with Crippen molar-refractivity contribution in [2.75, 3.05) is 13.2 Å². The first-order chi connectivity index (χ1) is 19.6. The van der Waals surface area contributed by atoms with Crippen molar-refractivity contribution in [1.82, 2.24) is 0 Å². The second-order valence-electron chi connectivity index (χ2n) is 13.1. The number of halogens is 2. The summed E-state index contributed by atoms with van der Waals surface area (Å²) in [4.78, 5) is 0. The molecule has 0 spiro atoms. The van der Waals surface area contributed by atoms with Gasteiger partial charge in [-0.1, -0.05) is 57.4 Å². The molecule has 0 bridgehead atoms. The highest BCUT2D eigenvalue weighted by atomic mass is 19.2. The molecule has 0 aromatic heterocycles. The van der Waals surface area contributed by atoms with Crippen molar-refractivity contribution in [3.63, 3.8) is 0 Å². The Bertz CT molecular complexity index is 1060. The second-order valence-corrected chi connectivity index (χ2v) is 13.1. The zero-order chi connectivity index (χ0) is 27.9. The fourth-order valence-electron chi connectivity index (χ4n) is 7.94. The summed E-state index contributed by atoms with van der Waals surface area (Å²) in [5.74, 6) is 2.42. The third-order valence-electron chi connectivity index (χ3n) is 10.4. The third kappa shape index (κ3) is 7.21. The first kappa shape index (κ1) is 29.4. The van der Waals surface area contributed by atoms with Gasteiger partial charge in [-0.15, -0.1) is 0 Å². The maximum atomic E-state index is 14.6. The lowest BCUT2D eigenvalue weighted by molar-refractivity contribution is 0.0901. The average molecular weight is 553 g/mol. The summed E-state index contributed by atoms with van der Waals surface area (Å²) in [6.45, 7) is 5.20. The molecule has 2 nitrogen and oxygen atoms in total. The average Bonchev–Trinajstić information content (AvgIpc) is 2.99. The summed E-state index contributed by atoms with van der Waals surface area (Å²) in [7, 11) is 0. The Kier molecular flexibility index (Phi) is 10.4. The summed E-state index contributed by atoms with van der Waals surface area (Å²) in [6, 6.07) is 12.8. The lowest BCUT2D eigenvalue weighted by Crippen LogP contribution is -2.32. The topological polar surface area (TPSA) is 18.5 Å². The van der Waals surface area contributed by atoms with E-state index in [2.05, 4.69) is 31.2 Å². The molecule has 0 radical (unpaired) electrons. The van der Waals surface area contributed by atoms with E-state index in [1.165, 1.54) is 81.9 Å². The molecule has 5 rings (SSSR count). The molecule has 0 amide bonds. The lowest BCUT2D eigenvalue weighted by atomic mass is 9.64. The Morgan fingerprint density at radius 2 is 1.20 bits per heavy atom. The van der Waals surface area contributed by atoms with E-state index >= 15 is 0 Å². The summed E-state index contributed by atoms with van der Waals surface area (Å²) in [5.41, 5.74) is 3.09. The quantitative estimate of drug-likeness (QED) is 0.258. The van der Waals surface area contributed by atoms with E-state index in [0.29, 0.717) is 25.0 Å².